The first-order chi connectivity index (χ1) is 10.2. The molecule has 110 valence electrons. The van der Waals surface area contributed by atoms with Gasteiger partial charge in [0.25, 0.3) is 0 Å². The first-order valence-corrected chi connectivity index (χ1v) is 7.72. The van der Waals surface area contributed by atoms with Crippen molar-refractivity contribution in [1.29, 1.82) is 0 Å². The third-order valence-electron chi connectivity index (χ3n) is 3.66. The molecule has 0 atom stereocenters. The standard InChI is InChI=1S/C14H17N5OS/c1-19(6-10-7-21-8-16-10)14-11(13(15)18-20)5-9-3-2-4-12(9)17-14/h5,7-8,20H,2-4,6H2,1H3,(H2,15,18). The van der Waals surface area contributed by atoms with Crippen molar-refractivity contribution in [2.45, 2.75) is 25.8 Å². The number of rotatable bonds is 4. The van der Waals surface area contributed by atoms with Crippen LogP contribution in [0.25, 0.3) is 0 Å². The van der Waals surface area contributed by atoms with Crippen molar-refractivity contribution in [3.8, 4) is 0 Å². The second-order valence-electron chi connectivity index (χ2n) is 5.14. The molecule has 0 saturated heterocycles. The summed E-state index contributed by atoms with van der Waals surface area (Å²) in [6, 6.07) is 2.00. The highest BCUT2D eigenvalue weighted by Gasteiger charge is 2.20. The second kappa shape index (κ2) is 5.69. The van der Waals surface area contributed by atoms with Crippen LogP contribution in [0, 0.1) is 0 Å². The predicted molar refractivity (Wildman–Crippen MR) is 83.0 cm³/mol. The third kappa shape index (κ3) is 2.69. The monoisotopic (exact) mass is 303 g/mol. The van der Waals surface area contributed by atoms with Crippen LogP contribution in [0.15, 0.2) is 22.1 Å². The normalized spacial score (nSPS) is 14.2. The highest BCUT2D eigenvalue weighted by atomic mass is 32.1. The number of aryl methyl sites for hydroxylation is 2. The summed E-state index contributed by atoms with van der Waals surface area (Å²) in [5.74, 6) is 0.830. The highest BCUT2D eigenvalue weighted by Crippen LogP contribution is 2.27. The summed E-state index contributed by atoms with van der Waals surface area (Å²) < 4.78 is 0. The maximum atomic E-state index is 9.01. The van der Waals surface area contributed by atoms with Gasteiger partial charge in [-0.05, 0) is 30.9 Å². The fourth-order valence-electron chi connectivity index (χ4n) is 2.63. The number of nitrogens with zero attached hydrogens (tertiary/aromatic N) is 4. The molecular formula is C14H17N5OS. The number of hydrogen-bond acceptors (Lipinski definition) is 6. The minimum absolute atomic E-state index is 0.0947. The fraction of sp³-hybridized carbons (Fsp3) is 0.357. The molecule has 0 radical (unpaired) electrons. The molecule has 0 aromatic carbocycles. The van der Waals surface area contributed by atoms with Crippen molar-refractivity contribution in [3.05, 3.63) is 39.5 Å². The molecule has 2 aromatic heterocycles. The number of hydrogen-bond donors (Lipinski definition) is 2. The minimum atomic E-state index is 0.0947. The van der Waals surface area contributed by atoms with Gasteiger partial charge in [0, 0.05) is 18.1 Å². The predicted octanol–water partition coefficient (Wildman–Crippen LogP) is 1.76. The maximum Gasteiger partial charge on any atom is 0.173 e. The Hall–Kier alpha value is -2.15. The van der Waals surface area contributed by atoms with Crippen LogP contribution in [-0.2, 0) is 19.4 Å². The summed E-state index contributed by atoms with van der Waals surface area (Å²) >= 11 is 1.57. The van der Waals surface area contributed by atoms with E-state index in [0.29, 0.717) is 12.1 Å². The fourth-order valence-corrected chi connectivity index (χ4v) is 3.18. The molecule has 21 heavy (non-hydrogen) atoms. The van der Waals surface area contributed by atoms with E-state index in [1.54, 1.807) is 11.3 Å². The lowest BCUT2D eigenvalue weighted by Gasteiger charge is -2.21. The van der Waals surface area contributed by atoms with Crippen molar-refractivity contribution < 1.29 is 5.21 Å². The van der Waals surface area contributed by atoms with E-state index in [1.807, 2.05) is 28.9 Å². The van der Waals surface area contributed by atoms with Crippen molar-refractivity contribution in [2.24, 2.45) is 10.9 Å². The molecular weight excluding hydrogens is 286 g/mol. The van der Waals surface area contributed by atoms with Crippen LogP contribution in [0.4, 0.5) is 5.82 Å². The number of anilines is 1. The average molecular weight is 303 g/mol. The van der Waals surface area contributed by atoms with Crippen LogP contribution < -0.4 is 10.6 Å². The molecule has 3 rings (SSSR count). The van der Waals surface area contributed by atoms with E-state index in [2.05, 4.69) is 10.1 Å². The van der Waals surface area contributed by atoms with Crippen LogP contribution in [0.1, 0.15) is 28.9 Å². The number of pyridine rings is 1. The lowest BCUT2D eigenvalue weighted by molar-refractivity contribution is 0.318. The van der Waals surface area contributed by atoms with Crippen LogP contribution in [0.2, 0.25) is 0 Å². The molecule has 1 aliphatic carbocycles. The molecule has 0 aliphatic heterocycles. The highest BCUT2D eigenvalue weighted by molar-refractivity contribution is 7.07. The van der Waals surface area contributed by atoms with E-state index in [9.17, 15) is 0 Å². The Morgan fingerprint density at radius 2 is 2.38 bits per heavy atom. The average Bonchev–Trinajstić information content (AvgIpc) is 3.15. The zero-order valence-electron chi connectivity index (χ0n) is 11.8. The number of aromatic nitrogens is 2. The summed E-state index contributed by atoms with van der Waals surface area (Å²) in [5, 5.41) is 14.2. The molecule has 6 nitrogen and oxygen atoms in total. The Morgan fingerprint density at radius 1 is 1.52 bits per heavy atom. The third-order valence-corrected chi connectivity index (χ3v) is 4.29. The van der Waals surface area contributed by atoms with Crippen molar-refractivity contribution in [1.82, 2.24) is 9.97 Å². The Morgan fingerprint density at radius 3 is 3.10 bits per heavy atom. The zero-order chi connectivity index (χ0) is 14.8. The van der Waals surface area contributed by atoms with Crippen LogP contribution >= 0.6 is 11.3 Å². The summed E-state index contributed by atoms with van der Waals surface area (Å²) in [4.78, 5) is 11.0. The second-order valence-corrected chi connectivity index (χ2v) is 5.86. The van der Waals surface area contributed by atoms with Gasteiger partial charge in [0.15, 0.2) is 5.84 Å². The Bertz CT molecular complexity index is 668. The van der Waals surface area contributed by atoms with Crippen LogP contribution in [-0.4, -0.2) is 28.1 Å². The Labute approximate surface area is 126 Å². The Balaban J connectivity index is 1.99. The summed E-state index contributed by atoms with van der Waals surface area (Å²) in [6.07, 6.45) is 3.10. The van der Waals surface area contributed by atoms with E-state index in [1.165, 1.54) is 5.56 Å². The topological polar surface area (TPSA) is 87.6 Å². The van der Waals surface area contributed by atoms with Gasteiger partial charge >= 0.3 is 0 Å². The van der Waals surface area contributed by atoms with E-state index < -0.39 is 0 Å². The molecule has 0 bridgehead atoms. The minimum Gasteiger partial charge on any atom is -0.409 e. The quantitative estimate of drug-likeness (QED) is 0.389. The van der Waals surface area contributed by atoms with Gasteiger partial charge in [0.2, 0.25) is 0 Å². The van der Waals surface area contributed by atoms with Gasteiger partial charge in [0.05, 0.1) is 23.3 Å². The van der Waals surface area contributed by atoms with Gasteiger partial charge in [0.1, 0.15) is 5.82 Å². The van der Waals surface area contributed by atoms with Crippen molar-refractivity contribution >= 4 is 23.0 Å². The number of amidine groups is 1. The zero-order valence-corrected chi connectivity index (χ0v) is 12.6. The molecule has 1 aliphatic rings. The van der Waals surface area contributed by atoms with E-state index in [4.69, 9.17) is 15.9 Å². The molecule has 2 heterocycles. The van der Waals surface area contributed by atoms with E-state index in [-0.39, 0.29) is 5.84 Å². The molecule has 2 aromatic rings. The molecule has 0 unspecified atom stereocenters. The van der Waals surface area contributed by atoms with E-state index in [0.717, 1.165) is 36.5 Å². The summed E-state index contributed by atoms with van der Waals surface area (Å²) in [6.45, 7) is 0.640. The Kier molecular flexibility index (Phi) is 3.74. The van der Waals surface area contributed by atoms with Crippen LogP contribution in [0.5, 0.6) is 0 Å². The number of nitrogens with two attached hydrogens (primary N) is 1. The van der Waals surface area contributed by atoms with Gasteiger partial charge in [-0.1, -0.05) is 5.16 Å². The molecule has 0 spiro atoms. The van der Waals surface area contributed by atoms with Crippen molar-refractivity contribution in [3.63, 3.8) is 0 Å². The lowest BCUT2D eigenvalue weighted by Crippen LogP contribution is -2.24. The molecule has 7 heteroatoms. The maximum absolute atomic E-state index is 9.01. The van der Waals surface area contributed by atoms with Gasteiger partial charge in [-0.15, -0.1) is 11.3 Å². The van der Waals surface area contributed by atoms with Gasteiger partial charge in [-0.2, -0.15) is 0 Å². The van der Waals surface area contributed by atoms with Crippen LogP contribution in [0.3, 0.4) is 0 Å². The molecule has 0 fully saturated rings. The van der Waals surface area contributed by atoms with E-state index >= 15 is 0 Å². The molecule has 0 amide bonds. The SMILES string of the molecule is CN(Cc1cscn1)c1nc2c(cc1C(N)=NO)CCC2. The smallest absolute Gasteiger partial charge is 0.173 e. The summed E-state index contributed by atoms with van der Waals surface area (Å²) in [7, 11) is 1.94. The summed E-state index contributed by atoms with van der Waals surface area (Å²) in [5.41, 5.74) is 11.6. The van der Waals surface area contributed by atoms with Gasteiger partial charge in [-0.25, -0.2) is 9.97 Å². The molecule has 3 N–H and O–H groups in total. The first kappa shape index (κ1) is 13.8. The number of oxime groups is 1. The van der Waals surface area contributed by atoms with Gasteiger partial charge < -0.3 is 15.8 Å². The van der Waals surface area contributed by atoms with Gasteiger partial charge in [-0.3, -0.25) is 0 Å². The molecule has 0 saturated carbocycles. The lowest BCUT2D eigenvalue weighted by atomic mass is 10.1. The number of fused-ring (bicyclic) bond motifs is 1. The first-order valence-electron chi connectivity index (χ1n) is 6.78. The number of thiazole rings is 1. The largest absolute Gasteiger partial charge is 0.409 e. The van der Waals surface area contributed by atoms with Crippen molar-refractivity contribution in [2.75, 3.05) is 11.9 Å².